The van der Waals surface area contributed by atoms with Crippen LogP contribution in [-0.4, -0.2) is 45.7 Å². The van der Waals surface area contributed by atoms with Gasteiger partial charge in [0.25, 0.3) is 0 Å². The van der Waals surface area contributed by atoms with Crippen LogP contribution in [0, 0.1) is 5.92 Å². The predicted molar refractivity (Wildman–Crippen MR) is 90.4 cm³/mol. The second kappa shape index (κ2) is 5.44. The van der Waals surface area contributed by atoms with E-state index < -0.39 is 11.9 Å². The number of rotatable bonds is 2. The number of anilines is 1. The zero-order chi connectivity index (χ0) is 17.0. The van der Waals surface area contributed by atoms with Crippen molar-refractivity contribution in [3.63, 3.8) is 0 Å². The number of nitrogens with one attached hydrogen (secondary N) is 2. The molecule has 2 aromatic heterocycles. The first kappa shape index (κ1) is 14.7. The molecule has 5 rings (SSSR count). The SMILES string of the molecule is O=C1NCC(c2cc(N3CCC4CCC3C4)c3nccn3n2)C(=O)N1. The molecule has 3 atom stereocenters. The fraction of sp³-hybridized carbons (Fsp3) is 0.529. The molecule has 3 unspecified atom stereocenters. The summed E-state index contributed by atoms with van der Waals surface area (Å²) in [5.74, 6) is 0.0725. The number of amides is 3. The molecule has 3 aliphatic rings. The van der Waals surface area contributed by atoms with Gasteiger partial charge in [0.05, 0.1) is 17.3 Å². The standard InChI is InChI=1S/C17H20N6O2/c24-16-12(9-19-17(25)20-16)13-8-14(15-18-4-6-23(15)21-13)22-5-3-10-1-2-11(22)7-10/h4,6,8,10-12H,1-3,5,7,9H2,(H2,19,20,24,25). The van der Waals surface area contributed by atoms with Crippen molar-refractivity contribution in [1.82, 2.24) is 25.2 Å². The number of urea groups is 1. The molecule has 8 nitrogen and oxygen atoms in total. The zero-order valence-corrected chi connectivity index (χ0v) is 13.8. The highest BCUT2D eigenvalue weighted by molar-refractivity contribution is 6.00. The fourth-order valence-electron chi connectivity index (χ4n) is 4.49. The smallest absolute Gasteiger partial charge is 0.321 e. The van der Waals surface area contributed by atoms with Gasteiger partial charge in [-0.3, -0.25) is 10.1 Å². The Balaban J connectivity index is 1.57. The van der Waals surface area contributed by atoms with Gasteiger partial charge in [0.15, 0.2) is 5.65 Å². The first-order valence-corrected chi connectivity index (χ1v) is 8.88. The van der Waals surface area contributed by atoms with Crippen LogP contribution >= 0.6 is 0 Å². The minimum atomic E-state index is -0.482. The number of imidazole rings is 1. The fourth-order valence-corrected chi connectivity index (χ4v) is 4.49. The van der Waals surface area contributed by atoms with Crippen LogP contribution in [0.3, 0.4) is 0 Å². The maximum absolute atomic E-state index is 12.2. The number of fused-ring (bicyclic) bond motifs is 3. The normalized spacial score (nSPS) is 29.0. The van der Waals surface area contributed by atoms with Crippen molar-refractivity contribution in [3.8, 4) is 0 Å². The Hall–Kier alpha value is -2.64. The van der Waals surface area contributed by atoms with E-state index in [4.69, 9.17) is 0 Å². The van der Waals surface area contributed by atoms with E-state index in [1.54, 1.807) is 10.7 Å². The molecule has 3 amide bonds. The molecule has 1 saturated carbocycles. The molecule has 0 radical (unpaired) electrons. The Morgan fingerprint density at radius 2 is 2.12 bits per heavy atom. The van der Waals surface area contributed by atoms with E-state index in [1.165, 1.54) is 25.7 Å². The van der Waals surface area contributed by atoms with E-state index in [2.05, 4.69) is 25.6 Å². The molecular weight excluding hydrogens is 320 g/mol. The molecule has 2 bridgehead atoms. The first-order valence-electron chi connectivity index (χ1n) is 8.88. The second-order valence-electron chi connectivity index (χ2n) is 7.22. The highest BCUT2D eigenvalue weighted by Gasteiger charge is 2.36. The van der Waals surface area contributed by atoms with Crippen LogP contribution < -0.4 is 15.5 Å². The lowest BCUT2D eigenvalue weighted by Gasteiger charge is -2.35. The maximum atomic E-state index is 12.2. The number of hydrogen-bond donors (Lipinski definition) is 2. The summed E-state index contributed by atoms with van der Waals surface area (Å²) < 4.78 is 1.75. The average Bonchev–Trinajstić information content (AvgIpc) is 3.21. The van der Waals surface area contributed by atoms with Gasteiger partial charge >= 0.3 is 6.03 Å². The number of imide groups is 1. The van der Waals surface area contributed by atoms with Gasteiger partial charge in [0.2, 0.25) is 5.91 Å². The van der Waals surface area contributed by atoms with Gasteiger partial charge < -0.3 is 10.2 Å². The summed E-state index contributed by atoms with van der Waals surface area (Å²) in [5.41, 5.74) is 2.54. The van der Waals surface area contributed by atoms with Crippen LogP contribution in [0.1, 0.15) is 37.3 Å². The largest absolute Gasteiger partial charge is 0.365 e. The molecule has 2 N–H and O–H groups in total. The maximum Gasteiger partial charge on any atom is 0.321 e. The quantitative estimate of drug-likeness (QED) is 0.852. The number of piperidine rings is 1. The van der Waals surface area contributed by atoms with Gasteiger partial charge in [-0.15, -0.1) is 0 Å². The Kier molecular flexibility index (Phi) is 3.19. The van der Waals surface area contributed by atoms with Crippen molar-refractivity contribution in [3.05, 3.63) is 24.2 Å². The topological polar surface area (TPSA) is 91.6 Å². The molecule has 0 spiro atoms. The van der Waals surface area contributed by atoms with Gasteiger partial charge in [0.1, 0.15) is 0 Å². The van der Waals surface area contributed by atoms with Gasteiger partial charge in [-0.05, 0) is 37.7 Å². The summed E-state index contributed by atoms with van der Waals surface area (Å²) in [6, 6.07) is 2.09. The third-order valence-electron chi connectivity index (χ3n) is 5.78. The predicted octanol–water partition coefficient (Wildman–Crippen LogP) is 1.03. The summed E-state index contributed by atoms with van der Waals surface area (Å²) in [6.45, 7) is 1.29. The van der Waals surface area contributed by atoms with E-state index in [0.717, 1.165) is 23.8 Å². The van der Waals surface area contributed by atoms with E-state index in [1.807, 2.05) is 12.3 Å². The van der Waals surface area contributed by atoms with Crippen molar-refractivity contribution < 1.29 is 9.59 Å². The average molecular weight is 340 g/mol. The van der Waals surface area contributed by atoms with Gasteiger partial charge in [-0.25, -0.2) is 14.3 Å². The molecule has 0 aromatic carbocycles. The summed E-state index contributed by atoms with van der Waals surface area (Å²) in [6.07, 6.45) is 8.52. The molecule has 8 heteroatoms. The molecule has 2 saturated heterocycles. The summed E-state index contributed by atoms with van der Waals surface area (Å²) in [4.78, 5) is 30.5. The Morgan fingerprint density at radius 3 is 3.00 bits per heavy atom. The molecule has 2 aromatic rings. The van der Waals surface area contributed by atoms with Gasteiger partial charge in [0, 0.05) is 31.5 Å². The third kappa shape index (κ3) is 2.35. The van der Waals surface area contributed by atoms with E-state index in [-0.39, 0.29) is 12.5 Å². The van der Waals surface area contributed by atoms with Crippen molar-refractivity contribution in [2.24, 2.45) is 5.92 Å². The molecular formula is C17H20N6O2. The lowest BCUT2D eigenvalue weighted by atomic mass is 9.98. The lowest BCUT2D eigenvalue weighted by molar-refractivity contribution is -0.122. The molecule has 2 aliphatic heterocycles. The van der Waals surface area contributed by atoms with Crippen molar-refractivity contribution in [1.29, 1.82) is 0 Å². The Labute approximate surface area is 144 Å². The van der Waals surface area contributed by atoms with Crippen molar-refractivity contribution >= 4 is 23.3 Å². The number of hydrogen-bond acceptors (Lipinski definition) is 5. The van der Waals surface area contributed by atoms with Gasteiger partial charge in [-0.1, -0.05) is 0 Å². The molecule has 25 heavy (non-hydrogen) atoms. The van der Waals surface area contributed by atoms with Crippen LogP contribution in [0.5, 0.6) is 0 Å². The van der Waals surface area contributed by atoms with Crippen LogP contribution in [0.2, 0.25) is 0 Å². The number of carbonyl (C=O) groups excluding carboxylic acids is 2. The summed E-state index contributed by atoms with van der Waals surface area (Å²) >= 11 is 0. The molecule has 1 aliphatic carbocycles. The summed E-state index contributed by atoms with van der Waals surface area (Å²) in [5, 5.41) is 9.57. The number of aromatic nitrogens is 3. The highest BCUT2D eigenvalue weighted by Crippen LogP contribution is 2.40. The summed E-state index contributed by atoms with van der Waals surface area (Å²) in [7, 11) is 0. The van der Waals surface area contributed by atoms with Crippen LogP contribution in [0.4, 0.5) is 10.5 Å². The minimum Gasteiger partial charge on any atom is -0.365 e. The second-order valence-corrected chi connectivity index (χ2v) is 7.22. The monoisotopic (exact) mass is 340 g/mol. The van der Waals surface area contributed by atoms with Crippen LogP contribution in [-0.2, 0) is 4.79 Å². The van der Waals surface area contributed by atoms with Crippen molar-refractivity contribution in [2.45, 2.75) is 37.6 Å². The zero-order valence-electron chi connectivity index (χ0n) is 13.8. The molecule has 4 heterocycles. The number of carbonyl (C=O) groups is 2. The van der Waals surface area contributed by atoms with Gasteiger partial charge in [-0.2, -0.15) is 5.10 Å². The Morgan fingerprint density at radius 1 is 1.20 bits per heavy atom. The number of nitrogens with zero attached hydrogens (tertiary/aromatic N) is 4. The van der Waals surface area contributed by atoms with Crippen LogP contribution in [0.15, 0.2) is 18.5 Å². The van der Waals surface area contributed by atoms with Crippen LogP contribution in [0.25, 0.3) is 5.65 Å². The van der Waals surface area contributed by atoms with E-state index in [0.29, 0.717) is 11.7 Å². The first-order chi connectivity index (χ1) is 12.2. The molecule has 3 fully saturated rings. The Bertz CT molecular complexity index is 862. The van der Waals surface area contributed by atoms with Crippen molar-refractivity contribution in [2.75, 3.05) is 18.0 Å². The van der Waals surface area contributed by atoms with E-state index >= 15 is 0 Å². The lowest BCUT2D eigenvalue weighted by Crippen LogP contribution is -2.51. The molecule has 130 valence electrons. The third-order valence-corrected chi connectivity index (χ3v) is 5.78. The minimum absolute atomic E-state index is 0.267. The van der Waals surface area contributed by atoms with E-state index in [9.17, 15) is 9.59 Å². The highest BCUT2D eigenvalue weighted by atomic mass is 16.2.